The van der Waals surface area contributed by atoms with Gasteiger partial charge >= 0.3 is 0 Å². The summed E-state index contributed by atoms with van der Waals surface area (Å²) >= 11 is 0. The summed E-state index contributed by atoms with van der Waals surface area (Å²) in [4.78, 5) is 6.24. The van der Waals surface area contributed by atoms with E-state index in [4.69, 9.17) is 11.1 Å². The SMILES string of the molecule is CN(CC1(O)CCCC1)c1cccc(C(=N)N)n1. The van der Waals surface area contributed by atoms with Crippen molar-refractivity contribution in [1.29, 1.82) is 5.41 Å². The Hall–Kier alpha value is -1.62. The quantitative estimate of drug-likeness (QED) is 0.550. The molecule has 0 amide bonds. The summed E-state index contributed by atoms with van der Waals surface area (Å²) < 4.78 is 0. The topological polar surface area (TPSA) is 86.2 Å². The molecule has 18 heavy (non-hydrogen) atoms. The predicted molar refractivity (Wildman–Crippen MR) is 71.9 cm³/mol. The van der Waals surface area contributed by atoms with Crippen molar-refractivity contribution in [2.24, 2.45) is 5.73 Å². The van der Waals surface area contributed by atoms with E-state index in [9.17, 15) is 5.11 Å². The van der Waals surface area contributed by atoms with Gasteiger partial charge < -0.3 is 15.7 Å². The first-order chi connectivity index (χ1) is 8.50. The van der Waals surface area contributed by atoms with E-state index in [1.807, 2.05) is 24.1 Å². The maximum Gasteiger partial charge on any atom is 0.141 e. The van der Waals surface area contributed by atoms with Crippen molar-refractivity contribution >= 4 is 11.7 Å². The predicted octanol–water partition coefficient (Wildman–Crippen LogP) is 1.11. The van der Waals surface area contributed by atoms with E-state index in [1.165, 1.54) is 0 Å². The van der Waals surface area contributed by atoms with E-state index in [2.05, 4.69) is 4.98 Å². The van der Waals surface area contributed by atoms with Crippen LogP contribution in [-0.4, -0.2) is 35.1 Å². The summed E-state index contributed by atoms with van der Waals surface area (Å²) in [5, 5.41) is 17.7. The Kier molecular flexibility index (Phi) is 3.52. The molecule has 1 aliphatic rings. The van der Waals surface area contributed by atoms with Gasteiger partial charge in [-0.1, -0.05) is 18.9 Å². The van der Waals surface area contributed by atoms with Crippen LogP contribution in [-0.2, 0) is 0 Å². The van der Waals surface area contributed by atoms with Crippen molar-refractivity contribution in [1.82, 2.24) is 4.98 Å². The maximum atomic E-state index is 10.4. The molecular weight excluding hydrogens is 228 g/mol. The molecule has 0 unspecified atom stereocenters. The normalized spacial score (nSPS) is 17.7. The number of hydrogen-bond acceptors (Lipinski definition) is 4. The highest BCUT2D eigenvalue weighted by molar-refractivity contribution is 5.93. The van der Waals surface area contributed by atoms with Crippen LogP contribution in [0.1, 0.15) is 31.4 Å². The Balaban J connectivity index is 2.10. The first kappa shape index (κ1) is 12.8. The third-order valence-corrected chi connectivity index (χ3v) is 3.47. The number of nitrogen functional groups attached to an aromatic ring is 1. The minimum absolute atomic E-state index is 0.0372. The standard InChI is InChI=1S/C13H20N4O/c1-17(9-13(18)7-2-3-8-13)11-6-4-5-10(16-11)12(14)15/h4-6,18H,2-3,7-9H2,1H3,(H3,14,15). The summed E-state index contributed by atoms with van der Waals surface area (Å²) in [7, 11) is 1.91. The van der Waals surface area contributed by atoms with Crippen molar-refractivity contribution < 1.29 is 5.11 Å². The maximum absolute atomic E-state index is 10.4. The molecular formula is C13H20N4O. The van der Waals surface area contributed by atoms with Crippen molar-refractivity contribution in [2.75, 3.05) is 18.5 Å². The second-order valence-corrected chi connectivity index (χ2v) is 5.08. The van der Waals surface area contributed by atoms with Gasteiger partial charge in [-0.25, -0.2) is 4.98 Å². The molecule has 1 fully saturated rings. The molecule has 1 heterocycles. The van der Waals surface area contributed by atoms with E-state index in [1.54, 1.807) is 6.07 Å². The molecule has 0 spiro atoms. The lowest BCUT2D eigenvalue weighted by atomic mass is 10.0. The van der Waals surface area contributed by atoms with Crippen LogP contribution in [0.5, 0.6) is 0 Å². The lowest BCUT2D eigenvalue weighted by Gasteiger charge is -2.29. The number of nitrogens with zero attached hydrogens (tertiary/aromatic N) is 2. The number of aromatic nitrogens is 1. The van der Waals surface area contributed by atoms with Crippen molar-refractivity contribution in [3.05, 3.63) is 23.9 Å². The Bertz CT molecular complexity index is 440. The van der Waals surface area contributed by atoms with Gasteiger partial charge in [-0.3, -0.25) is 5.41 Å². The Morgan fingerprint density at radius 3 is 2.78 bits per heavy atom. The smallest absolute Gasteiger partial charge is 0.141 e. The van der Waals surface area contributed by atoms with Gasteiger partial charge in [0.05, 0.1) is 5.60 Å². The Morgan fingerprint density at radius 1 is 1.50 bits per heavy atom. The Labute approximate surface area is 107 Å². The van der Waals surface area contributed by atoms with Crippen molar-refractivity contribution in [2.45, 2.75) is 31.3 Å². The molecule has 0 radical (unpaired) electrons. The summed E-state index contributed by atoms with van der Waals surface area (Å²) in [5.74, 6) is 0.702. The molecule has 1 aromatic rings. The second-order valence-electron chi connectivity index (χ2n) is 5.08. The van der Waals surface area contributed by atoms with Gasteiger partial charge in [0, 0.05) is 13.6 Å². The van der Waals surface area contributed by atoms with Gasteiger partial charge in [0.2, 0.25) is 0 Å². The van der Waals surface area contributed by atoms with E-state index < -0.39 is 5.60 Å². The number of anilines is 1. The van der Waals surface area contributed by atoms with Crippen LogP contribution >= 0.6 is 0 Å². The molecule has 1 saturated carbocycles. The van der Waals surface area contributed by atoms with Crippen LogP contribution in [0, 0.1) is 5.41 Å². The highest BCUT2D eigenvalue weighted by atomic mass is 16.3. The largest absolute Gasteiger partial charge is 0.388 e. The zero-order chi connectivity index (χ0) is 13.2. The molecule has 1 aliphatic carbocycles. The van der Waals surface area contributed by atoms with Gasteiger partial charge in [-0.05, 0) is 25.0 Å². The molecule has 1 aromatic heterocycles. The first-order valence-corrected chi connectivity index (χ1v) is 6.25. The van der Waals surface area contributed by atoms with E-state index >= 15 is 0 Å². The highest BCUT2D eigenvalue weighted by Gasteiger charge is 2.32. The molecule has 4 N–H and O–H groups in total. The summed E-state index contributed by atoms with van der Waals surface area (Å²) in [6.07, 6.45) is 3.88. The number of pyridine rings is 1. The summed E-state index contributed by atoms with van der Waals surface area (Å²) in [5.41, 5.74) is 5.30. The number of rotatable bonds is 4. The molecule has 2 rings (SSSR count). The van der Waals surface area contributed by atoms with Crippen LogP contribution < -0.4 is 10.6 Å². The van der Waals surface area contributed by atoms with Crippen LogP contribution in [0.15, 0.2) is 18.2 Å². The fourth-order valence-corrected chi connectivity index (χ4v) is 2.50. The van der Waals surface area contributed by atoms with Gasteiger partial charge in [0.15, 0.2) is 0 Å². The zero-order valence-corrected chi connectivity index (χ0v) is 10.7. The molecule has 98 valence electrons. The molecule has 0 saturated heterocycles. The Morgan fingerprint density at radius 2 is 2.17 bits per heavy atom. The van der Waals surface area contributed by atoms with Crippen molar-refractivity contribution in [3.63, 3.8) is 0 Å². The van der Waals surface area contributed by atoms with Crippen LogP contribution in [0.3, 0.4) is 0 Å². The number of hydrogen-bond donors (Lipinski definition) is 3. The monoisotopic (exact) mass is 248 g/mol. The first-order valence-electron chi connectivity index (χ1n) is 6.25. The van der Waals surface area contributed by atoms with Crippen molar-refractivity contribution in [3.8, 4) is 0 Å². The molecule has 0 aliphatic heterocycles. The lowest BCUT2D eigenvalue weighted by molar-refractivity contribution is 0.0558. The average molecular weight is 248 g/mol. The van der Waals surface area contributed by atoms with Gasteiger partial charge in [0.25, 0.3) is 0 Å². The minimum atomic E-state index is -0.595. The lowest BCUT2D eigenvalue weighted by Crippen LogP contribution is -2.39. The number of nitrogens with one attached hydrogen (secondary N) is 1. The summed E-state index contributed by atoms with van der Waals surface area (Å²) in [6, 6.07) is 5.41. The molecule has 5 heteroatoms. The molecule has 5 nitrogen and oxygen atoms in total. The van der Waals surface area contributed by atoms with Crippen LogP contribution in [0.25, 0.3) is 0 Å². The minimum Gasteiger partial charge on any atom is -0.388 e. The molecule has 0 bridgehead atoms. The molecule has 0 atom stereocenters. The molecule has 0 aromatic carbocycles. The number of nitrogens with two attached hydrogens (primary N) is 1. The van der Waals surface area contributed by atoms with Crippen LogP contribution in [0.4, 0.5) is 5.82 Å². The zero-order valence-electron chi connectivity index (χ0n) is 10.7. The van der Waals surface area contributed by atoms with Gasteiger partial charge in [-0.2, -0.15) is 0 Å². The van der Waals surface area contributed by atoms with Gasteiger partial charge in [0.1, 0.15) is 17.3 Å². The van der Waals surface area contributed by atoms with E-state index in [0.29, 0.717) is 12.2 Å². The highest BCUT2D eigenvalue weighted by Crippen LogP contribution is 2.30. The second kappa shape index (κ2) is 4.94. The van der Waals surface area contributed by atoms with E-state index in [0.717, 1.165) is 31.5 Å². The van der Waals surface area contributed by atoms with E-state index in [-0.39, 0.29) is 5.84 Å². The van der Waals surface area contributed by atoms with Crippen LogP contribution in [0.2, 0.25) is 0 Å². The number of likely N-dealkylation sites (N-methyl/N-ethyl adjacent to an activating group) is 1. The van der Waals surface area contributed by atoms with Gasteiger partial charge in [-0.15, -0.1) is 0 Å². The fourth-order valence-electron chi connectivity index (χ4n) is 2.50. The summed E-state index contributed by atoms with van der Waals surface area (Å²) in [6.45, 7) is 0.571. The fraction of sp³-hybridized carbons (Fsp3) is 0.538. The number of aliphatic hydroxyl groups is 1. The third-order valence-electron chi connectivity index (χ3n) is 3.47. The third kappa shape index (κ3) is 2.79. The number of amidine groups is 1. The average Bonchev–Trinajstić information content (AvgIpc) is 2.76.